The van der Waals surface area contributed by atoms with Gasteiger partial charge < -0.3 is 0 Å². The zero-order valence-electron chi connectivity index (χ0n) is 16.1. The van der Waals surface area contributed by atoms with Crippen molar-refractivity contribution in [3.63, 3.8) is 0 Å². The van der Waals surface area contributed by atoms with Crippen molar-refractivity contribution in [3.8, 4) is 11.4 Å². The van der Waals surface area contributed by atoms with Crippen LogP contribution in [-0.2, 0) is 0 Å². The van der Waals surface area contributed by atoms with Gasteiger partial charge in [0.15, 0.2) is 16.8 Å². The molecule has 0 unspecified atom stereocenters. The maximum Gasteiger partial charge on any atom is 0.192 e. The van der Waals surface area contributed by atoms with Crippen LogP contribution in [0.2, 0.25) is 0 Å². The minimum atomic E-state index is -0.312. The predicted octanol–water partition coefficient (Wildman–Crippen LogP) is 5.40. The Hall–Kier alpha value is -2.47. The zero-order valence-corrected chi connectivity index (χ0v) is 17.0. The number of benzene rings is 2. The van der Waals surface area contributed by atoms with Gasteiger partial charge in [-0.1, -0.05) is 41.6 Å². The Morgan fingerprint density at radius 1 is 1.18 bits per heavy atom. The molecule has 3 aromatic rings. The fourth-order valence-corrected chi connectivity index (χ4v) is 4.26. The van der Waals surface area contributed by atoms with E-state index >= 15 is 0 Å². The van der Waals surface area contributed by atoms with Gasteiger partial charge in [-0.3, -0.25) is 9.36 Å². The van der Waals surface area contributed by atoms with E-state index in [2.05, 4.69) is 10.2 Å². The first kappa shape index (κ1) is 18.9. The van der Waals surface area contributed by atoms with Gasteiger partial charge in [0.2, 0.25) is 0 Å². The summed E-state index contributed by atoms with van der Waals surface area (Å²) in [7, 11) is 0. The Morgan fingerprint density at radius 2 is 1.93 bits per heavy atom. The smallest absolute Gasteiger partial charge is 0.192 e. The monoisotopic (exact) mass is 395 g/mol. The lowest BCUT2D eigenvalue weighted by molar-refractivity contribution is 0.0993. The Labute approximate surface area is 168 Å². The number of Topliss-reactive ketones (excluding diaryl/α,β-unsaturated/α-hetero) is 1. The molecule has 0 aliphatic heterocycles. The fourth-order valence-electron chi connectivity index (χ4n) is 3.28. The van der Waals surface area contributed by atoms with Crippen LogP contribution in [0.5, 0.6) is 0 Å². The van der Waals surface area contributed by atoms with E-state index in [1.165, 1.54) is 17.8 Å². The summed E-state index contributed by atoms with van der Waals surface area (Å²) in [5.41, 5.74) is 3.22. The average molecular weight is 396 g/mol. The molecule has 0 amide bonds. The van der Waals surface area contributed by atoms with Crippen molar-refractivity contribution in [2.45, 2.75) is 50.1 Å². The Balaban J connectivity index is 1.64. The molecule has 0 bridgehead atoms. The first-order valence-electron chi connectivity index (χ1n) is 9.43. The topological polar surface area (TPSA) is 47.8 Å². The number of thioether (sulfide) groups is 1. The van der Waals surface area contributed by atoms with Gasteiger partial charge in [0, 0.05) is 11.6 Å². The van der Waals surface area contributed by atoms with Gasteiger partial charge in [-0.05, 0) is 57.4 Å². The lowest BCUT2D eigenvalue weighted by atomic mass is 10.0. The van der Waals surface area contributed by atoms with Crippen molar-refractivity contribution in [2.24, 2.45) is 0 Å². The van der Waals surface area contributed by atoms with E-state index in [9.17, 15) is 9.18 Å². The van der Waals surface area contributed by atoms with Crippen LogP contribution in [0.1, 0.15) is 47.3 Å². The quantitative estimate of drug-likeness (QED) is 0.414. The SMILES string of the molecule is Cc1ccc(C)c(C(=O)[C@@H](C)Sc2nnc(-c3ccccc3F)n2C2CC2)c1. The third kappa shape index (κ3) is 3.61. The molecule has 6 heteroatoms. The second kappa shape index (κ2) is 7.51. The highest BCUT2D eigenvalue weighted by molar-refractivity contribution is 8.00. The molecule has 0 spiro atoms. The van der Waals surface area contributed by atoms with Crippen LogP contribution in [0, 0.1) is 19.7 Å². The van der Waals surface area contributed by atoms with Crippen molar-refractivity contribution in [2.75, 3.05) is 0 Å². The lowest BCUT2D eigenvalue weighted by Gasteiger charge is -2.14. The molecule has 144 valence electrons. The molecule has 1 aliphatic rings. The van der Waals surface area contributed by atoms with Crippen LogP contribution in [0.15, 0.2) is 47.6 Å². The van der Waals surface area contributed by atoms with Gasteiger partial charge in [0.1, 0.15) is 5.82 Å². The molecule has 0 radical (unpaired) electrons. The highest BCUT2D eigenvalue weighted by Crippen LogP contribution is 2.42. The third-order valence-corrected chi connectivity index (χ3v) is 6.06. The molecule has 0 N–H and O–H groups in total. The number of carbonyl (C=O) groups excluding carboxylic acids is 1. The first-order chi connectivity index (χ1) is 13.5. The molecular formula is C22H22FN3OS. The van der Waals surface area contributed by atoms with Crippen LogP contribution >= 0.6 is 11.8 Å². The van der Waals surface area contributed by atoms with Crippen LogP contribution in [0.4, 0.5) is 4.39 Å². The van der Waals surface area contributed by atoms with E-state index in [1.807, 2.05) is 43.5 Å². The molecule has 28 heavy (non-hydrogen) atoms. The average Bonchev–Trinajstić information content (AvgIpc) is 3.44. The van der Waals surface area contributed by atoms with Crippen molar-refractivity contribution < 1.29 is 9.18 Å². The van der Waals surface area contributed by atoms with Crippen LogP contribution in [0.3, 0.4) is 0 Å². The molecule has 1 heterocycles. The normalized spacial score (nSPS) is 14.9. The largest absolute Gasteiger partial charge is 0.299 e. The van der Waals surface area contributed by atoms with Gasteiger partial charge in [0.05, 0.1) is 10.8 Å². The number of rotatable bonds is 6. The maximum absolute atomic E-state index is 14.3. The minimum Gasteiger partial charge on any atom is -0.299 e. The standard InChI is InChI=1S/C22H22FN3OS/c1-13-8-9-14(2)18(12-13)20(27)15(3)28-22-25-24-21(26(22)16-10-11-16)17-6-4-5-7-19(17)23/h4-9,12,15-16H,10-11H2,1-3H3/t15-/m1/s1. The number of carbonyl (C=O) groups is 1. The molecule has 1 aliphatic carbocycles. The number of aryl methyl sites for hydroxylation is 2. The fraction of sp³-hybridized carbons (Fsp3) is 0.318. The highest BCUT2D eigenvalue weighted by atomic mass is 32.2. The third-order valence-electron chi connectivity index (χ3n) is 5.00. The van der Waals surface area contributed by atoms with Crippen molar-refractivity contribution in [1.29, 1.82) is 0 Å². The lowest BCUT2D eigenvalue weighted by Crippen LogP contribution is -2.16. The van der Waals surface area contributed by atoms with E-state index in [-0.39, 0.29) is 22.9 Å². The number of aromatic nitrogens is 3. The molecule has 1 saturated carbocycles. The van der Waals surface area contributed by atoms with Gasteiger partial charge in [-0.25, -0.2) is 4.39 Å². The summed E-state index contributed by atoms with van der Waals surface area (Å²) in [5.74, 6) is 0.298. The van der Waals surface area contributed by atoms with Gasteiger partial charge in [-0.15, -0.1) is 10.2 Å². The molecule has 1 atom stereocenters. The van der Waals surface area contributed by atoms with Gasteiger partial charge in [0.25, 0.3) is 0 Å². The van der Waals surface area contributed by atoms with Gasteiger partial charge in [-0.2, -0.15) is 0 Å². The maximum atomic E-state index is 14.3. The van der Waals surface area contributed by atoms with E-state index in [0.29, 0.717) is 16.5 Å². The first-order valence-corrected chi connectivity index (χ1v) is 10.3. The second-order valence-corrected chi connectivity index (χ2v) is 8.64. The van der Waals surface area contributed by atoms with Crippen LogP contribution in [-0.4, -0.2) is 25.8 Å². The Bertz CT molecular complexity index is 1040. The summed E-state index contributed by atoms with van der Waals surface area (Å²) in [6, 6.07) is 12.8. The van der Waals surface area contributed by atoms with Gasteiger partial charge >= 0.3 is 0 Å². The predicted molar refractivity (Wildman–Crippen MR) is 109 cm³/mol. The Morgan fingerprint density at radius 3 is 2.64 bits per heavy atom. The molecule has 4 rings (SSSR count). The summed E-state index contributed by atoms with van der Waals surface area (Å²) < 4.78 is 16.3. The number of ketones is 1. The number of hydrogen-bond donors (Lipinski definition) is 0. The van der Waals surface area contributed by atoms with E-state index < -0.39 is 0 Å². The van der Waals surface area contributed by atoms with E-state index in [0.717, 1.165) is 29.5 Å². The van der Waals surface area contributed by atoms with E-state index in [1.54, 1.807) is 18.2 Å². The summed E-state index contributed by atoms with van der Waals surface area (Å²) in [6.45, 7) is 5.83. The molecular weight excluding hydrogens is 373 g/mol. The molecule has 1 aromatic heterocycles. The number of hydrogen-bond acceptors (Lipinski definition) is 4. The second-order valence-electron chi connectivity index (χ2n) is 7.33. The number of halogens is 1. The highest BCUT2D eigenvalue weighted by Gasteiger charge is 2.32. The Kier molecular flexibility index (Phi) is 5.06. The molecule has 2 aromatic carbocycles. The van der Waals surface area contributed by atoms with Crippen LogP contribution in [0.25, 0.3) is 11.4 Å². The molecule has 4 nitrogen and oxygen atoms in total. The van der Waals surface area contributed by atoms with Crippen molar-refractivity contribution in [1.82, 2.24) is 14.8 Å². The van der Waals surface area contributed by atoms with Crippen molar-refractivity contribution >= 4 is 17.5 Å². The minimum absolute atomic E-state index is 0.0731. The number of nitrogens with zero attached hydrogens (tertiary/aromatic N) is 3. The summed E-state index contributed by atoms with van der Waals surface area (Å²) in [6.07, 6.45) is 2.04. The summed E-state index contributed by atoms with van der Waals surface area (Å²) in [4.78, 5) is 13.0. The van der Waals surface area contributed by atoms with Crippen molar-refractivity contribution in [3.05, 3.63) is 65.0 Å². The molecule has 1 fully saturated rings. The van der Waals surface area contributed by atoms with Crippen LogP contribution < -0.4 is 0 Å². The molecule has 0 saturated heterocycles. The van der Waals surface area contributed by atoms with E-state index in [4.69, 9.17) is 0 Å². The summed E-state index contributed by atoms with van der Waals surface area (Å²) >= 11 is 1.39. The summed E-state index contributed by atoms with van der Waals surface area (Å²) in [5, 5.41) is 8.94. The zero-order chi connectivity index (χ0) is 19.8.